The fourth-order valence-corrected chi connectivity index (χ4v) is 3.47. The smallest absolute Gasteiger partial charge is 0.251 e. The number of allylic oxidation sites excluding steroid dienone is 1. The summed E-state index contributed by atoms with van der Waals surface area (Å²) in [5.41, 5.74) is 9.40. The molecule has 0 aliphatic rings. The lowest BCUT2D eigenvalue weighted by Gasteiger charge is -2.20. The molecule has 2 heterocycles. The molecule has 3 aromatic rings. The Morgan fingerprint density at radius 3 is 2.55 bits per heavy atom. The van der Waals surface area contributed by atoms with Crippen molar-refractivity contribution in [2.24, 2.45) is 5.73 Å². The summed E-state index contributed by atoms with van der Waals surface area (Å²) in [6, 6.07) is 9.36. The molecule has 2 aromatic heterocycles. The van der Waals surface area contributed by atoms with E-state index in [1.165, 1.54) is 6.08 Å². The third-order valence-corrected chi connectivity index (χ3v) is 4.69. The number of amides is 1. The van der Waals surface area contributed by atoms with Gasteiger partial charge in [0.25, 0.3) is 5.91 Å². The predicted octanol–water partition coefficient (Wildman–Crippen LogP) is 4.35. The van der Waals surface area contributed by atoms with E-state index >= 15 is 0 Å². The number of rotatable bonds is 5. The summed E-state index contributed by atoms with van der Waals surface area (Å²) in [6.07, 6.45) is 4.83. The first-order valence-corrected chi connectivity index (χ1v) is 9.61. The van der Waals surface area contributed by atoms with E-state index in [1.54, 1.807) is 18.5 Å². The molecule has 0 aliphatic heterocycles. The van der Waals surface area contributed by atoms with Gasteiger partial charge in [-0.15, -0.1) is 0 Å². The Bertz CT molecular complexity index is 1060. The molecule has 0 saturated carbocycles. The molecule has 0 atom stereocenters. The molecule has 152 valence electrons. The van der Waals surface area contributed by atoms with Crippen molar-refractivity contribution in [1.82, 2.24) is 14.9 Å². The first-order valence-electron chi connectivity index (χ1n) is 9.61. The van der Waals surface area contributed by atoms with Crippen LogP contribution in [0.5, 0.6) is 0 Å². The highest BCUT2D eigenvalue weighted by molar-refractivity contribution is 6.04. The quantitative estimate of drug-likeness (QED) is 0.676. The maximum atomic E-state index is 14.3. The Hall–Kier alpha value is -2.99. The van der Waals surface area contributed by atoms with Gasteiger partial charge in [0.1, 0.15) is 5.83 Å². The average molecular weight is 394 g/mol. The molecule has 29 heavy (non-hydrogen) atoms. The van der Waals surface area contributed by atoms with E-state index in [0.717, 1.165) is 27.7 Å². The summed E-state index contributed by atoms with van der Waals surface area (Å²) >= 11 is 0. The number of halogens is 1. The molecular weight excluding hydrogens is 367 g/mol. The summed E-state index contributed by atoms with van der Waals surface area (Å²) in [4.78, 5) is 16.8. The highest BCUT2D eigenvalue weighted by atomic mass is 19.1. The van der Waals surface area contributed by atoms with Gasteiger partial charge in [-0.1, -0.05) is 0 Å². The van der Waals surface area contributed by atoms with Crippen molar-refractivity contribution in [3.8, 4) is 11.1 Å². The molecule has 0 fully saturated rings. The minimum atomic E-state index is -0.335. The van der Waals surface area contributed by atoms with E-state index in [0.29, 0.717) is 5.56 Å². The van der Waals surface area contributed by atoms with Gasteiger partial charge in [0.2, 0.25) is 0 Å². The van der Waals surface area contributed by atoms with Crippen LogP contribution in [0.4, 0.5) is 4.39 Å². The Morgan fingerprint density at radius 1 is 1.24 bits per heavy atom. The Kier molecular flexibility index (Phi) is 5.84. The number of nitrogens with zero attached hydrogens (tertiary/aromatic N) is 2. The lowest BCUT2D eigenvalue weighted by Crippen LogP contribution is -2.40. The molecule has 5 nitrogen and oxygen atoms in total. The fraction of sp³-hybridized carbons (Fsp3) is 0.304. The van der Waals surface area contributed by atoms with Gasteiger partial charge in [-0.25, -0.2) is 4.39 Å². The van der Waals surface area contributed by atoms with Crippen LogP contribution in [-0.4, -0.2) is 27.5 Å². The van der Waals surface area contributed by atoms with Crippen LogP contribution in [0.25, 0.3) is 22.0 Å². The van der Waals surface area contributed by atoms with Gasteiger partial charge in [-0.3, -0.25) is 9.78 Å². The summed E-state index contributed by atoms with van der Waals surface area (Å²) in [5.74, 6) is -0.428. The first kappa shape index (κ1) is 20.7. The fourth-order valence-electron chi connectivity index (χ4n) is 3.47. The molecule has 0 radical (unpaired) electrons. The zero-order valence-corrected chi connectivity index (χ0v) is 17.3. The Balaban J connectivity index is 2.20. The molecule has 0 unspecified atom stereocenters. The number of carbonyl (C=O) groups is 1. The summed E-state index contributed by atoms with van der Waals surface area (Å²) < 4.78 is 16.2. The maximum Gasteiger partial charge on any atom is 0.251 e. The van der Waals surface area contributed by atoms with Gasteiger partial charge in [-0.05, 0) is 69.7 Å². The van der Waals surface area contributed by atoms with Crippen LogP contribution in [-0.2, 0) is 6.54 Å². The number of pyridine rings is 1. The topological polar surface area (TPSA) is 72.9 Å². The molecule has 6 heteroatoms. The number of benzene rings is 1. The Morgan fingerprint density at radius 2 is 1.93 bits per heavy atom. The average Bonchev–Trinajstić information content (AvgIpc) is 2.92. The van der Waals surface area contributed by atoms with Crippen molar-refractivity contribution in [2.45, 2.75) is 39.8 Å². The third kappa shape index (κ3) is 4.54. The standard InChI is InChI=1S/C23H27FN4O/c1-15-21(16-8-11-26-12-9-16)19-13-17(22(29)27-23(2,3)4)5-6-20(19)28(15)14-18(24)7-10-25/h5-9,11-13H,10,14,25H2,1-4H3,(H,27,29)/b18-7-. The normalized spacial score (nSPS) is 12.4. The monoisotopic (exact) mass is 394 g/mol. The molecule has 0 saturated heterocycles. The zero-order valence-electron chi connectivity index (χ0n) is 17.3. The number of hydrogen-bond donors (Lipinski definition) is 2. The van der Waals surface area contributed by atoms with E-state index in [4.69, 9.17) is 5.73 Å². The van der Waals surface area contributed by atoms with Crippen LogP contribution >= 0.6 is 0 Å². The molecular formula is C23H27FN4O. The second kappa shape index (κ2) is 8.17. The molecule has 1 amide bonds. The van der Waals surface area contributed by atoms with Gasteiger partial charge in [0, 0.05) is 52.2 Å². The highest BCUT2D eigenvalue weighted by Crippen LogP contribution is 2.35. The number of nitrogens with one attached hydrogen (secondary N) is 1. The van der Waals surface area contributed by atoms with E-state index in [2.05, 4.69) is 10.3 Å². The highest BCUT2D eigenvalue weighted by Gasteiger charge is 2.20. The van der Waals surface area contributed by atoms with Crippen molar-refractivity contribution in [3.05, 3.63) is 65.9 Å². The molecule has 1 aromatic carbocycles. The minimum Gasteiger partial charge on any atom is -0.347 e. The van der Waals surface area contributed by atoms with Crippen LogP contribution in [0.15, 0.2) is 54.6 Å². The van der Waals surface area contributed by atoms with Crippen LogP contribution in [0.1, 0.15) is 36.8 Å². The van der Waals surface area contributed by atoms with Crippen molar-refractivity contribution in [1.29, 1.82) is 0 Å². The summed E-state index contributed by atoms with van der Waals surface area (Å²) in [5, 5.41) is 3.89. The van der Waals surface area contributed by atoms with Gasteiger partial charge in [-0.2, -0.15) is 0 Å². The molecule has 0 aliphatic carbocycles. The number of hydrogen-bond acceptors (Lipinski definition) is 3. The van der Waals surface area contributed by atoms with E-state index in [9.17, 15) is 9.18 Å². The van der Waals surface area contributed by atoms with Gasteiger partial charge in [0.15, 0.2) is 0 Å². The van der Waals surface area contributed by atoms with E-state index in [1.807, 2.05) is 56.5 Å². The Labute approximate surface area is 170 Å². The third-order valence-electron chi connectivity index (χ3n) is 4.69. The second-order valence-electron chi connectivity index (χ2n) is 8.11. The lowest BCUT2D eigenvalue weighted by molar-refractivity contribution is 0.0919. The number of aromatic nitrogens is 2. The van der Waals surface area contributed by atoms with Crippen LogP contribution in [0.2, 0.25) is 0 Å². The van der Waals surface area contributed by atoms with Crippen LogP contribution in [0.3, 0.4) is 0 Å². The first-order chi connectivity index (χ1) is 13.7. The molecule has 0 bridgehead atoms. The van der Waals surface area contributed by atoms with Crippen molar-refractivity contribution >= 4 is 16.8 Å². The van der Waals surface area contributed by atoms with Crippen LogP contribution in [0, 0.1) is 6.92 Å². The molecule has 0 spiro atoms. The predicted molar refractivity (Wildman–Crippen MR) is 115 cm³/mol. The van der Waals surface area contributed by atoms with Crippen LogP contribution < -0.4 is 11.1 Å². The summed E-state index contributed by atoms with van der Waals surface area (Å²) in [6.45, 7) is 8.04. The van der Waals surface area contributed by atoms with Crippen molar-refractivity contribution in [3.63, 3.8) is 0 Å². The molecule has 3 N–H and O–H groups in total. The van der Waals surface area contributed by atoms with Gasteiger partial charge in [0.05, 0.1) is 6.54 Å². The maximum absolute atomic E-state index is 14.3. The van der Waals surface area contributed by atoms with Crippen molar-refractivity contribution < 1.29 is 9.18 Å². The zero-order chi connectivity index (χ0) is 21.2. The van der Waals surface area contributed by atoms with Crippen molar-refractivity contribution in [2.75, 3.05) is 6.54 Å². The molecule has 3 rings (SSSR count). The lowest BCUT2D eigenvalue weighted by atomic mass is 10.0. The SMILES string of the molecule is Cc1c(-c2ccncc2)c2cc(C(=O)NC(C)(C)C)ccc2n1C/C(F)=C/CN. The van der Waals surface area contributed by atoms with Gasteiger partial charge < -0.3 is 15.6 Å². The van der Waals surface area contributed by atoms with E-state index < -0.39 is 0 Å². The number of fused-ring (bicyclic) bond motifs is 1. The second-order valence-corrected chi connectivity index (χ2v) is 8.11. The largest absolute Gasteiger partial charge is 0.347 e. The summed E-state index contributed by atoms with van der Waals surface area (Å²) in [7, 11) is 0. The number of carbonyl (C=O) groups excluding carboxylic acids is 1. The van der Waals surface area contributed by atoms with Gasteiger partial charge >= 0.3 is 0 Å². The minimum absolute atomic E-state index is 0.0954. The van der Waals surface area contributed by atoms with E-state index in [-0.39, 0.29) is 30.4 Å². The number of nitrogens with two attached hydrogens (primary N) is 1.